The lowest BCUT2D eigenvalue weighted by atomic mass is 9.77. The van der Waals surface area contributed by atoms with Gasteiger partial charge < -0.3 is 35.4 Å². The predicted molar refractivity (Wildman–Crippen MR) is 273 cm³/mol. The number of anilines is 1. The number of aliphatic hydroxyl groups excluding tert-OH is 1. The van der Waals surface area contributed by atoms with Crippen molar-refractivity contribution in [1.82, 2.24) is 30.2 Å². The molecule has 1 saturated carbocycles. The summed E-state index contributed by atoms with van der Waals surface area (Å²) in [6, 6.07) is 14.9. The van der Waals surface area contributed by atoms with Crippen molar-refractivity contribution in [2.45, 2.75) is 94.2 Å². The molecule has 1 aliphatic carbocycles. The zero-order chi connectivity index (χ0) is 52.2. The lowest BCUT2D eigenvalue weighted by molar-refractivity contribution is -0.138. The van der Waals surface area contributed by atoms with E-state index in [1.807, 2.05) is 42.2 Å². The molecule has 5 amide bonds. The van der Waals surface area contributed by atoms with Crippen LogP contribution >= 0.6 is 23.2 Å². The molecule has 3 saturated heterocycles. The van der Waals surface area contributed by atoms with Crippen LogP contribution < -0.4 is 30.7 Å². The first-order valence-corrected chi connectivity index (χ1v) is 26.2. The van der Waals surface area contributed by atoms with Gasteiger partial charge in [0.15, 0.2) is 28.8 Å². The zero-order valence-corrected chi connectivity index (χ0v) is 42.7. The standard InChI is InChI=1S/C54H59Cl2F3N8O7/c1-29-42-40(27-37(55)46(56)45(42)44-35(50(60)70)12-13-39(47(44)58)73-25-24-68)74-54(29,32-6-4-3-5-7-32)28-61-33-10-8-31(9-11-33)52(71)66-21-16-34(17-22-66)65-19-14-30(15-20-65)43-38(57)26-36-49(48(43)59)64(2)63-51(36)67-23-18-41(69)62-53(67)72/h3-7,12-13,26-27,29-31,33-34,61,68H,8-11,14-25,28H2,1-2H3,(H2,60,70)(H,62,69,72). The van der Waals surface area contributed by atoms with Gasteiger partial charge in [0.1, 0.15) is 23.7 Å². The van der Waals surface area contributed by atoms with Crippen molar-refractivity contribution in [3.05, 3.63) is 104 Å². The quantitative estimate of drug-likeness (QED) is 0.0895. The van der Waals surface area contributed by atoms with Gasteiger partial charge in [-0.15, -0.1) is 0 Å². The number of urea groups is 1. The molecule has 5 N–H and O–H groups in total. The highest BCUT2D eigenvalue weighted by atomic mass is 35.5. The Hall–Kier alpha value is -5.92. The molecule has 2 atom stereocenters. The van der Waals surface area contributed by atoms with Gasteiger partial charge in [0.05, 0.1) is 27.6 Å². The van der Waals surface area contributed by atoms with Crippen LogP contribution in [-0.2, 0) is 22.2 Å². The highest BCUT2D eigenvalue weighted by molar-refractivity contribution is 6.44. The molecule has 1 aromatic heterocycles. The van der Waals surface area contributed by atoms with Crippen LogP contribution in [0.2, 0.25) is 10.0 Å². The molecule has 4 fully saturated rings. The minimum atomic E-state index is -1.03. The van der Waals surface area contributed by atoms with E-state index in [2.05, 4.69) is 20.6 Å². The highest BCUT2D eigenvalue weighted by Crippen LogP contribution is 2.57. The number of amides is 5. The number of aliphatic hydroxyl groups is 1. The van der Waals surface area contributed by atoms with Gasteiger partial charge in [-0.25, -0.2) is 18.0 Å². The first-order valence-electron chi connectivity index (χ1n) is 25.4. The number of likely N-dealkylation sites (tertiary alicyclic amines) is 2. The summed E-state index contributed by atoms with van der Waals surface area (Å²) >= 11 is 13.7. The minimum absolute atomic E-state index is 0.0163. The molecule has 4 aromatic carbocycles. The third-order valence-corrected chi connectivity index (χ3v) is 17.0. The summed E-state index contributed by atoms with van der Waals surface area (Å²) in [4.78, 5) is 56.8. The normalized spacial score (nSPS) is 23.0. The summed E-state index contributed by atoms with van der Waals surface area (Å²) < 4.78 is 62.5. The van der Waals surface area contributed by atoms with Crippen LogP contribution in [0.1, 0.15) is 104 Å². The van der Waals surface area contributed by atoms with Crippen LogP contribution in [0.15, 0.2) is 54.6 Å². The fraction of sp³-hybridized carbons (Fsp3) is 0.463. The van der Waals surface area contributed by atoms with E-state index in [1.165, 1.54) is 27.8 Å². The minimum Gasteiger partial charge on any atom is -0.488 e. The number of imide groups is 1. The van der Waals surface area contributed by atoms with Gasteiger partial charge in [0.25, 0.3) is 0 Å². The molecule has 10 rings (SSSR count). The van der Waals surface area contributed by atoms with Crippen LogP contribution in [0.3, 0.4) is 0 Å². The van der Waals surface area contributed by atoms with Gasteiger partial charge in [-0.2, -0.15) is 5.10 Å². The Morgan fingerprint density at radius 3 is 2.31 bits per heavy atom. The third kappa shape index (κ3) is 9.34. The number of aryl methyl sites for hydroxylation is 1. The van der Waals surface area contributed by atoms with Gasteiger partial charge >= 0.3 is 6.03 Å². The second-order valence-corrected chi connectivity index (χ2v) is 21.0. The summed E-state index contributed by atoms with van der Waals surface area (Å²) in [5.74, 6) is -3.98. The van der Waals surface area contributed by atoms with E-state index in [1.54, 1.807) is 13.1 Å². The molecule has 0 radical (unpaired) electrons. The molecule has 0 bridgehead atoms. The van der Waals surface area contributed by atoms with Crippen molar-refractivity contribution < 1.29 is 46.9 Å². The monoisotopic (exact) mass is 1060 g/mol. The number of hydrogen-bond donors (Lipinski definition) is 4. The lowest BCUT2D eigenvalue weighted by Crippen LogP contribution is -2.51. The molecule has 20 heteroatoms. The average molecular weight is 1060 g/mol. The van der Waals surface area contributed by atoms with Gasteiger partial charge in [-0.3, -0.25) is 29.3 Å². The number of primary amides is 1. The SMILES string of the molecule is CC1c2c(cc(Cl)c(Cl)c2-c2c(C(N)=O)ccc(OCCO)c2F)OC1(CNC1CCC(C(=O)N2CCC(N3CCC(c4c(F)cc5c(N6CCC(=O)NC6=O)nn(C)c5c4F)CC3)CC2)CC1)c1ccccc1. The second kappa shape index (κ2) is 21.0. The average Bonchev–Trinajstić information content (AvgIpc) is 3.88. The van der Waals surface area contributed by atoms with Crippen LogP contribution in [0.5, 0.6) is 11.5 Å². The van der Waals surface area contributed by atoms with Crippen LogP contribution in [-0.4, -0.2) is 113 Å². The van der Waals surface area contributed by atoms with Crippen molar-refractivity contribution in [3.8, 4) is 22.6 Å². The van der Waals surface area contributed by atoms with Gasteiger partial charge in [-0.1, -0.05) is 60.5 Å². The number of nitrogens with one attached hydrogen (secondary N) is 2. The lowest BCUT2D eigenvalue weighted by Gasteiger charge is -2.43. The topological polar surface area (TPSA) is 185 Å². The summed E-state index contributed by atoms with van der Waals surface area (Å²) in [7, 11) is 1.56. The first-order chi connectivity index (χ1) is 35.6. The van der Waals surface area contributed by atoms with Gasteiger partial charge in [-0.05, 0) is 94.1 Å². The molecule has 392 valence electrons. The predicted octanol–water partition coefficient (Wildman–Crippen LogP) is 8.29. The summed E-state index contributed by atoms with van der Waals surface area (Å²) in [6.45, 7) is 4.46. The number of fused-ring (bicyclic) bond motifs is 2. The van der Waals surface area contributed by atoms with Crippen LogP contribution in [0, 0.1) is 23.4 Å². The Kier molecular flexibility index (Phi) is 14.6. The van der Waals surface area contributed by atoms with Crippen molar-refractivity contribution in [3.63, 3.8) is 0 Å². The third-order valence-electron chi connectivity index (χ3n) is 16.2. The van der Waals surface area contributed by atoms with E-state index < -0.39 is 46.8 Å². The number of ether oxygens (including phenoxy) is 2. The summed E-state index contributed by atoms with van der Waals surface area (Å²) in [5.41, 5.74) is 6.20. The maximum atomic E-state index is 16.6. The molecule has 5 heterocycles. The van der Waals surface area contributed by atoms with E-state index in [-0.39, 0.29) is 111 Å². The van der Waals surface area contributed by atoms with Crippen LogP contribution in [0.4, 0.5) is 23.8 Å². The Morgan fingerprint density at radius 1 is 0.919 bits per heavy atom. The van der Waals surface area contributed by atoms with Gasteiger partial charge in [0.2, 0.25) is 17.7 Å². The van der Waals surface area contributed by atoms with E-state index in [4.69, 9.17) is 38.4 Å². The number of nitrogens with two attached hydrogens (primary N) is 1. The van der Waals surface area contributed by atoms with E-state index in [0.29, 0.717) is 69.7 Å². The first kappa shape index (κ1) is 51.6. The van der Waals surface area contributed by atoms with E-state index in [0.717, 1.165) is 31.2 Å². The maximum absolute atomic E-state index is 16.6. The molecule has 74 heavy (non-hydrogen) atoms. The number of benzene rings is 4. The number of aromatic nitrogens is 2. The molecule has 4 aliphatic heterocycles. The Bertz CT molecular complexity index is 3010. The molecule has 2 unspecified atom stereocenters. The molecule has 15 nitrogen and oxygen atoms in total. The molecular weight excluding hydrogens is 1000 g/mol. The number of piperidine rings is 2. The van der Waals surface area contributed by atoms with Crippen molar-refractivity contribution in [1.29, 1.82) is 0 Å². The zero-order valence-electron chi connectivity index (χ0n) is 41.2. The molecule has 5 aromatic rings. The number of nitrogens with zero attached hydrogens (tertiary/aromatic N) is 5. The smallest absolute Gasteiger partial charge is 0.329 e. The van der Waals surface area contributed by atoms with E-state index >= 15 is 13.2 Å². The highest BCUT2D eigenvalue weighted by Gasteiger charge is 2.50. The Morgan fingerprint density at radius 2 is 1.64 bits per heavy atom. The van der Waals surface area contributed by atoms with E-state index in [9.17, 15) is 24.3 Å². The Labute approximate surface area is 436 Å². The maximum Gasteiger partial charge on any atom is 0.329 e. The fourth-order valence-electron chi connectivity index (χ4n) is 12.3. The van der Waals surface area contributed by atoms with Crippen LogP contribution in [0.25, 0.3) is 22.0 Å². The fourth-order valence-corrected chi connectivity index (χ4v) is 12.7. The second-order valence-electron chi connectivity index (χ2n) is 20.3. The summed E-state index contributed by atoms with van der Waals surface area (Å²) in [6.07, 6.45) is 5.78. The number of hydrogen-bond acceptors (Lipinski definition) is 10. The molecule has 0 spiro atoms. The Balaban J connectivity index is 0.758. The number of rotatable bonds is 13. The number of carbonyl (C=O) groups is 4. The molecular formula is C54H59Cl2F3N8O7. The number of halogens is 5. The molecule has 5 aliphatic rings. The largest absolute Gasteiger partial charge is 0.488 e. The van der Waals surface area contributed by atoms with Crippen molar-refractivity contribution in [2.24, 2.45) is 18.7 Å². The number of carbonyl (C=O) groups excluding carboxylic acids is 4. The summed E-state index contributed by atoms with van der Waals surface area (Å²) in [5, 5.41) is 20.1. The van der Waals surface area contributed by atoms with Gasteiger partial charge in [0, 0.05) is 91.9 Å². The van der Waals surface area contributed by atoms with Crippen molar-refractivity contribution in [2.75, 3.05) is 57.4 Å². The van der Waals surface area contributed by atoms with Crippen molar-refractivity contribution >= 4 is 63.7 Å².